The highest BCUT2D eigenvalue weighted by atomic mass is 35.5. The highest BCUT2D eigenvalue weighted by Crippen LogP contribution is 2.30. The maximum absolute atomic E-state index is 12.1. The number of carbonyl (C=O) groups excluding carboxylic acids is 1. The lowest BCUT2D eigenvalue weighted by Crippen LogP contribution is -2.13. The van der Waals surface area contributed by atoms with E-state index in [9.17, 15) is 9.90 Å². The normalized spacial score (nSPS) is 10.1. The number of hydrogen-bond acceptors (Lipinski definition) is 4. The van der Waals surface area contributed by atoms with Gasteiger partial charge in [-0.1, -0.05) is 17.7 Å². The number of nitrogen functional groups attached to an aromatic ring is 1. The van der Waals surface area contributed by atoms with Crippen molar-refractivity contribution in [2.45, 2.75) is 0 Å². The number of ether oxygens (including phenoxy) is 1. The van der Waals surface area contributed by atoms with Crippen LogP contribution >= 0.6 is 11.6 Å². The summed E-state index contributed by atoms with van der Waals surface area (Å²) >= 11 is 5.97. The molecule has 0 aromatic heterocycles. The first kappa shape index (κ1) is 14.0. The van der Waals surface area contributed by atoms with Crippen molar-refractivity contribution in [1.29, 1.82) is 0 Å². The highest BCUT2D eigenvalue weighted by Gasteiger charge is 2.15. The van der Waals surface area contributed by atoms with Crippen LogP contribution in [0.2, 0.25) is 5.02 Å². The van der Waals surface area contributed by atoms with E-state index < -0.39 is 5.91 Å². The number of amides is 1. The van der Waals surface area contributed by atoms with E-state index in [1.54, 1.807) is 24.3 Å². The Bertz CT molecular complexity index is 639. The van der Waals surface area contributed by atoms with E-state index in [1.807, 2.05) is 0 Å². The molecule has 0 bridgehead atoms. The SMILES string of the molecule is COc1ccc(C(=O)Nc2c(N)cccc2Cl)c(O)c1. The predicted octanol–water partition coefficient (Wildman–Crippen LogP) is 2.89. The lowest BCUT2D eigenvalue weighted by Gasteiger charge is -2.11. The summed E-state index contributed by atoms with van der Waals surface area (Å²) in [6, 6.07) is 9.29. The van der Waals surface area contributed by atoms with Gasteiger partial charge in [-0.15, -0.1) is 0 Å². The fraction of sp³-hybridized carbons (Fsp3) is 0.0714. The van der Waals surface area contributed by atoms with E-state index in [0.717, 1.165) is 0 Å². The molecule has 2 rings (SSSR count). The van der Waals surface area contributed by atoms with Crippen LogP contribution in [0.3, 0.4) is 0 Å². The number of methoxy groups -OCH3 is 1. The summed E-state index contributed by atoms with van der Waals surface area (Å²) in [6.45, 7) is 0. The van der Waals surface area contributed by atoms with E-state index in [-0.39, 0.29) is 11.3 Å². The van der Waals surface area contributed by atoms with E-state index in [1.165, 1.54) is 19.2 Å². The number of hydrogen-bond donors (Lipinski definition) is 3. The van der Waals surface area contributed by atoms with Gasteiger partial charge in [0.05, 0.1) is 29.1 Å². The fourth-order valence-corrected chi connectivity index (χ4v) is 1.91. The molecule has 104 valence electrons. The molecule has 0 unspecified atom stereocenters. The van der Waals surface area contributed by atoms with Gasteiger partial charge in [-0.2, -0.15) is 0 Å². The number of nitrogens with two attached hydrogens (primary N) is 1. The first-order valence-electron chi connectivity index (χ1n) is 5.75. The van der Waals surface area contributed by atoms with Gasteiger partial charge in [0.2, 0.25) is 0 Å². The molecule has 0 heterocycles. The number of phenolic OH excluding ortho intramolecular Hbond substituents is 1. The third kappa shape index (κ3) is 2.78. The van der Waals surface area contributed by atoms with Crippen molar-refractivity contribution >= 4 is 28.9 Å². The van der Waals surface area contributed by atoms with Crippen LogP contribution in [0, 0.1) is 0 Å². The van der Waals surface area contributed by atoms with Gasteiger partial charge < -0.3 is 20.9 Å². The van der Waals surface area contributed by atoms with E-state index >= 15 is 0 Å². The third-order valence-electron chi connectivity index (χ3n) is 2.73. The van der Waals surface area contributed by atoms with Crippen LogP contribution in [0.25, 0.3) is 0 Å². The molecule has 5 nitrogen and oxygen atoms in total. The maximum atomic E-state index is 12.1. The number of carbonyl (C=O) groups is 1. The molecule has 2 aromatic carbocycles. The minimum absolute atomic E-state index is 0.102. The number of aromatic hydroxyl groups is 1. The van der Waals surface area contributed by atoms with E-state index in [0.29, 0.717) is 22.1 Å². The molecule has 0 aliphatic carbocycles. The number of benzene rings is 2. The highest BCUT2D eigenvalue weighted by molar-refractivity contribution is 6.34. The molecule has 20 heavy (non-hydrogen) atoms. The Hall–Kier alpha value is -2.40. The Kier molecular flexibility index (Phi) is 4.00. The van der Waals surface area contributed by atoms with Gasteiger partial charge in [0.1, 0.15) is 11.5 Å². The molecule has 0 saturated carbocycles. The van der Waals surface area contributed by atoms with Gasteiger partial charge >= 0.3 is 0 Å². The molecule has 0 radical (unpaired) electrons. The van der Waals surface area contributed by atoms with Crippen LogP contribution < -0.4 is 15.8 Å². The molecule has 2 aromatic rings. The first-order valence-corrected chi connectivity index (χ1v) is 6.13. The second-order valence-electron chi connectivity index (χ2n) is 4.04. The lowest BCUT2D eigenvalue weighted by molar-refractivity contribution is 0.102. The summed E-state index contributed by atoms with van der Waals surface area (Å²) in [5.41, 5.74) is 6.51. The largest absolute Gasteiger partial charge is 0.507 e. The summed E-state index contributed by atoms with van der Waals surface area (Å²) in [6.07, 6.45) is 0. The molecule has 0 aliphatic heterocycles. The molecule has 0 spiro atoms. The van der Waals surface area contributed by atoms with Crippen LogP contribution in [0.15, 0.2) is 36.4 Å². The minimum atomic E-state index is -0.509. The smallest absolute Gasteiger partial charge is 0.259 e. The van der Waals surface area contributed by atoms with Crippen molar-refractivity contribution < 1.29 is 14.6 Å². The summed E-state index contributed by atoms with van der Waals surface area (Å²) in [4.78, 5) is 12.1. The second-order valence-corrected chi connectivity index (χ2v) is 4.45. The summed E-state index contributed by atoms with van der Waals surface area (Å²) < 4.78 is 4.95. The molecule has 0 saturated heterocycles. The van der Waals surface area contributed by atoms with Crippen molar-refractivity contribution in [3.63, 3.8) is 0 Å². The predicted molar refractivity (Wildman–Crippen MR) is 78.5 cm³/mol. The Balaban J connectivity index is 2.29. The van der Waals surface area contributed by atoms with Gasteiger partial charge in [-0.3, -0.25) is 4.79 Å². The zero-order valence-electron chi connectivity index (χ0n) is 10.7. The number of para-hydroxylation sites is 1. The van der Waals surface area contributed by atoms with Crippen molar-refractivity contribution in [3.8, 4) is 11.5 Å². The number of nitrogens with one attached hydrogen (secondary N) is 1. The molecule has 6 heteroatoms. The monoisotopic (exact) mass is 292 g/mol. The fourth-order valence-electron chi connectivity index (χ4n) is 1.68. The lowest BCUT2D eigenvalue weighted by atomic mass is 10.1. The topological polar surface area (TPSA) is 84.6 Å². The van der Waals surface area contributed by atoms with Crippen LogP contribution in [0.5, 0.6) is 11.5 Å². The summed E-state index contributed by atoms with van der Waals surface area (Å²) in [5, 5.41) is 12.7. The summed E-state index contributed by atoms with van der Waals surface area (Å²) in [7, 11) is 1.47. The zero-order chi connectivity index (χ0) is 14.7. The van der Waals surface area contributed by atoms with E-state index in [4.69, 9.17) is 22.1 Å². The molecule has 1 amide bonds. The van der Waals surface area contributed by atoms with Crippen molar-refractivity contribution in [2.24, 2.45) is 0 Å². The third-order valence-corrected chi connectivity index (χ3v) is 3.05. The van der Waals surface area contributed by atoms with Crippen LogP contribution in [0.4, 0.5) is 11.4 Å². The average Bonchev–Trinajstić information content (AvgIpc) is 2.42. The molecule has 0 fully saturated rings. The average molecular weight is 293 g/mol. The molecular weight excluding hydrogens is 280 g/mol. The standard InChI is InChI=1S/C14H13ClN2O3/c1-20-8-5-6-9(12(18)7-8)14(19)17-13-10(15)3-2-4-11(13)16/h2-7,18H,16H2,1H3,(H,17,19). The Morgan fingerprint density at radius 1 is 1.35 bits per heavy atom. The second kappa shape index (κ2) is 5.71. The van der Waals surface area contributed by atoms with E-state index in [2.05, 4.69) is 5.32 Å². The number of phenols is 1. The van der Waals surface area contributed by atoms with Gasteiger partial charge in [0.25, 0.3) is 5.91 Å². The number of halogens is 1. The van der Waals surface area contributed by atoms with Gasteiger partial charge in [0, 0.05) is 6.07 Å². The zero-order valence-corrected chi connectivity index (χ0v) is 11.4. The minimum Gasteiger partial charge on any atom is -0.507 e. The summed E-state index contributed by atoms with van der Waals surface area (Å²) in [5.74, 6) is -0.242. The van der Waals surface area contributed by atoms with Crippen molar-refractivity contribution in [2.75, 3.05) is 18.2 Å². The molecule has 0 atom stereocenters. The van der Waals surface area contributed by atoms with Gasteiger partial charge in [0.15, 0.2) is 0 Å². The van der Waals surface area contributed by atoms with Gasteiger partial charge in [-0.25, -0.2) is 0 Å². The van der Waals surface area contributed by atoms with Crippen LogP contribution in [-0.4, -0.2) is 18.1 Å². The number of anilines is 2. The number of rotatable bonds is 3. The Morgan fingerprint density at radius 2 is 2.10 bits per heavy atom. The van der Waals surface area contributed by atoms with Crippen molar-refractivity contribution in [3.05, 3.63) is 47.0 Å². The maximum Gasteiger partial charge on any atom is 0.259 e. The quantitative estimate of drug-likeness (QED) is 0.759. The van der Waals surface area contributed by atoms with Crippen LogP contribution in [0.1, 0.15) is 10.4 Å². The molecule has 4 N–H and O–H groups in total. The first-order chi connectivity index (χ1) is 9.52. The molecular formula is C14H13ClN2O3. The molecule has 0 aliphatic rings. The van der Waals surface area contributed by atoms with Crippen molar-refractivity contribution in [1.82, 2.24) is 0 Å². The Labute approximate surface area is 120 Å². The van der Waals surface area contributed by atoms with Crippen LogP contribution in [-0.2, 0) is 0 Å². The Morgan fingerprint density at radius 3 is 2.70 bits per heavy atom. The van der Waals surface area contributed by atoms with Gasteiger partial charge in [-0.05, 0) is 24.3 Å².